The molecule has 0 aliphatic heterocycles. The zero-order valence-corrected chi connectivity index (χ0v) is 14.0. The van der Waals surface area contributed by atoms with Crippen LogP contribution in [0.5, 0.6) is 5.75 Å². The molecule has 2 aromatic carbocycles. The highest BCUT2D eigenvalue weighted by molar-refractivity contribution is 9.08. The van der Waals surface area contributed by atoms with Gasteiger partial charge in [0.25, 0.3) is 0 Å². The lowest BCUT2D eigenvalue weighted by atomic mass is 9.99. The Labute approximate surface area is 138 Å². The van der Waals surface area contributed by atoms with E-state index >= 15 is 0 Å². The minimum Gasteiger partial charge on any atom is -0.494 e. The minimum absolute atomic E-state index is 0.186. The highest BCUT2D eigenvalue weighted by atomic mass is 79.9. The number of hydrogen-bond acceptors (Lipinski definition) is 2. The van der Waals surface area contributed by atoms with Crippen LogP contribution in [0.2, 0.25) is 0 Å². The van der Waals surface area contributed by atoms with E-state index < -0.39 is 5.82 Å². The number of carbonyl (C=O) groups is 1. The first-order chi connectivity index (χ1) is 10.7. The Bertz CT molecular complexity index is 638. The first-order valence-corrected chi connectivity index (χ1v) is 8.39. The molecule has 0 N–H and O–H groups in total. The number of alkyl halides is 1. The lowest BCUT2D eigenvalue weighted by Gasteiger charge is -2.08. The molecule has 0 amide bonds. The van der Waals surface area contributed by atoms with Gasteiger partial charge < -0.3 is 4.74 Å². The Morgan fingerprint density at radius 2 is 1.91 bits per heavy atom. The van der Waals surface area contributed by atoms with E-state index in [4.69, 9.17) is 4.74 Å². The number of benzene rings is 2. The SMILES string of the molecule is CCCCOc1ccc(C(=O)c2cc(F)ccc2CBr)cc1. The van der Waals surface area contributed by atoms with Crippen molar-refractivity contribution in [2.75, 3.05) is 6.61 Å². The van der Waals surface area contributed by atoms with Gasteiger partial charge in [0.05, 0.1) is 6.61 Å². The van der Waals surface area contributed by atoms with E-state index in [1.165, 1.54) is 12.1 Å². The molecule has 0 saturated heterocycles. The van der Waals surface area contributed by atoms with Crippen LogP contribution in [-0.2, 0) is 5.33 Å². The molecule has 0 fully saturated rings. The Kier molecular flexibility index (Phi) is 6.13. The molecule has 2 nitrogen and oxygen atoms in total. The molecule has 22 heavy (non-hydrogen) atoms. The first kappa shape index (κ1) is 16.7. The van der Waals surface area contributed by atoms with E-state index in [-0.39, 0.29) is 5.78 Å². The number of ketones is 1. The fourth-order valence-electron chi connectivity index (χ4n) is 2.07. The number of rotatable bonds is 7. The molecule has 0 saturated carbocycles. The summed E-state index contributed by atoms with van der Waals surface area (Å²) in [5.41, 5.74) is 1.68. The predicted octanol–water partition coefficient (Wildman–Crippen LogP) is 5.13. The second-order valence-electron chi connectivity index (χ2n) is 4.99. The highest BCUT2D eigenvalue weighted by Crippen LogP contribution is 2.20. The van der Waals surface area contributed by atoms with Crippen molar-refractivity contribution >= 4 is 21.7 Å². The molecule has 0 spiro atoms. The van der Waals surface area contributed by atoms with Gasteiger partial charge in [0.1, 0.15) is 11.6 Å². The van der Waals surface area contributed by atoms with E-state index in [0.717, 1.165) is 24.2 Å². The van der Waals surface area contributed by atoms with E-state index in [1.54, 1.807) is 30.3 Å². The van der Waals surface area contributed by atoms with Gasteiger partial charge in [0.15, 0.2) is 5.78 Å². The topological polar surface area (TPSA) is 26.3 Å². The van der Waals surface area contributed by atoms with Crippen LogP contribution in [0.25, 0.3) is 0 Å². The van der Waals surface area contributed by atoms with Gasteiger partial charge in [-0.1, -0.05) is 35.3 Å². The molecule has 0 bridgehead atoms. The third-order valence-electron chi connectivity index (χ3n) is 3.34. The van der Waals surface area contributed by atoms with Crippen molar-refractivity contribution in [2.24, 2.45) is 0 Å². The van der Waals surface area contributed by atoms with Crippen LogP contribution in [-0.4, -0.2) is 12.4 Å². The molecule has 0 heterocycles. The number of unbranched alkanes of at least 4 members (excludes halogenated alkanes) is 1. The van der Waals surface area contributed by atoms with Crippen LogP contribution in [0.3, 0.4) is 0 Å². The molecular formula is C18H18BrFO2. The van der Waals surface area contributed by atoms with Crippen molar-refractivity contribution in [3.8, 4) is 5.75 Å². The van der Waals surface area contributed by atoms with E-state index in [2.05, 4.69) is 22.9 Å². The number of hydrogen-bond donors (Lipinski definition) is 0. The van der Waals surface area contributed by atoms with Crippen molar-refractivity contribution in [3.05, 3.63) is 65.0 Å². The number of carbonyl (C=O) groups excluding carboxylic acids is 1. The summed E-state index contributed by atoms with van der Waals surface area (Å²) >= 11 is 3.33. The maximum absolute atomic E-state index is 13.4. The van der Waals surface area contributed by atoms with Gasteiger partial charge in [-0.25, -0.2) is 4.39 Å². The van der Waals surface area contributed by atoms with Crippen LogP contribution in [0, 0.1) is 5.82 Å². The van der Waals surface area contributed by atoms with Crippen molar-refractivity contribution in [2.45, 2.75) is 25.1 Å². The summed E-state index contributed by atoms with van der Waals surface area (Å²) in [6.45, 7) is 2.77. The Hall–Kier alpha value is -1.68. The average Bonchev–Trinajstić information content (AvgIpc) is 2.55. The van der Waals surface area contributed by atoms with E-state index in [1.807, 2.05) is 0 Å². The zero-order valence-electron chi connectivity index (χ0n) is 12.4. The maximum Gasteiger partial charge on any atom is 0.193 e. The fraction of sp³-hybridized carbons (Fsp3) is 0.278. The summed E-state index contributed by atoms with van der Waals surface area (Å²) in [6.07, 6.45) is 2.07. The van der Waals surface area contributed by atoms with Crippen molar-refractivity contribution in [1.82, 2.24) is 0 Å². The monoisotopic (exact) mass is 364 g/mol. The molecule has 0 aliphatic rings. The van der Waals surface area contributed by atoms with E-state index in [0.29, 0.717) is 23.1 Å². The van der Waals surface area contributed by atoms with Crippen LogP contribution < -0.4 is 4.74 Å². The lowest BCUT2D eigenvalue weighted by molar-refractivity contribution is 0.103. The summed E-state index contributed by atoms with van der Waals surface area (Å²) in [5, 5.41) is 0.507. The van der Waals surface area contributed by atoms with Gasteiger partial charge >= 0.3 is 0 Å². The van der Waals surface area contributed by atoms with Gasteiger partial charge in [0, 0.05) is 16.5 Å². The normalized spacial score (nSPS) is 10.5. The standard InChI is InChI=1S/C18H18BrFO2/c1-2-3-10-22-16-8-5-13(6-9-16)18(21)17-11-15(20)7-4-14(17)12-19/h4-9,11H,2-3,10,12H2,1H3. The molecule has 0 aliphatic carbocycles. The van der Waals surface area contributed by atoms with Crippen molar-refractivity contribution in [3.63, 3.8) is 0 Å². The van der Waals surface area contributed by atoms with Crippen LogP contribution in [0.4, 0.5) is 4.39 Å². The quantitative estimate of drug-likeness (QED) is 0.386. The molecular weight excluding hydrogens is 347 g/mol. The van der Waals surface area contributed by atoms with Crippen molar-refractivity contribution < 1.29 is 13.9 Å². The molecule has 2 aromatic rings. The van der Waals surface area contributed by atoms with Gasteiger partial charge in [-0.15, -0.1) is 0 Å². The molecule has 116 valence electrons. The summed E-state index contributed by atoms with van der Waals surface area (Å²) in [5.74, 6) is 0.145. The smallest absolute Gasteiger partial charge is 0.193 e. The largest absolute Gasteiger partial charge is 0.494 e. The fourth-order valence-corrected chi connectivity index (χ4v) is 2.56. The summed E-state index contributed by atoms with van der Waals surface area (Å²) in [4.78, 5) is 12.5. The van der Waals surface area contributed by atoms with Gasteiger partial charge in [-0.2, -0.15) is 0 Å². The molecule has 0 atom stereocenters. The molecule has 0 radical (unpaired) electrons. The Morgan fingerprint density at radius 3 is 2.55 bits per heavy atom. The molecule has 0 unspecified atom stereocenters. The summed E-state index contributed by atoms with van der Waals surface area (Å²) < 4.78 is 19.0. The summed E-state index contributed by atoms with van der Waals surface area (Å²) in [6, 6.07) is 11.2. The van der Waals surface area contributed by atoms with Crippen LogP contribution in [0.15, 0.2) is 42.5 Å². The third-order valence-corrected chi connectivity index (χ3v) is 3.95. The van der Waals surface area contributed by atoms with Gasteiger partial charge in [-0.05, 0) is 48.4 Å². The van der Waals surface area contributed by atoms with Gasteiger partial charge in [0.2, 0.25) is 0 Å². The maximum atomic E-state index is 13.4. The van der Waals surface area contributed by atoms with Crippen molar-refractivity contribution in [1.29, 1.82) is 0 Å². The van der Waals surface area contributed by atoms with Gasteiger partial charge in [-0.3, -0.25) is 4.79 Å². The Morgan fingerprint density at radius 1 is 1.18 bits per heavy atom. The predicted molar refractivity (Wildman–Crippen MR) is 89.3 cm³/mol. The second-order valence-corrected chi connectivity index (χ2v) is 5.55. The number of ether oxygens (including phenoxy) is 1. The Balaban J connectivity index is 2.17. The second kappa shape index (κ2) is 8.08. The summed E-state index contributed by atoms with van der Waals surface area (Å²) in [7, 11) is 0. The third kappa shape index (κ3) is 4.17. The molecule has 4 heteroatoms. The average molecular weight is 365 g/mol. The van der Waals surface area contributed by atoms with E-state index in [9.17, 15) is 9.18 Å². The van der Waals surface area contributed by atoms with Crippen LogP contribution >= 0.6 is 15.9 Å². The molecule has 0 aromatic heterocycles. The number of halogens is 2. The molecule has 2 rings (SSSR count). The first-order valence-electron chi connectivity index (χ1n) is 7.27. The minimum atomic E-state index is -0.410. The van der Waals surface area contributed by atoms with Crippen LogP contribution in [0.1, 0.15) is 41.3 Å². The lowest BCUT2D eigenvalue weighted by Crippen LogP contribution is -2.05. The zero-order chi connectivity index (χ0) is 15.9. The highest BCUT2D eigenvalue weighted by Gasteiger charge is 2.14.